The molecule has 3 N–H and O–H groups in total. The molecule has 1 heterocycles. The fourth-order valence-electron chi connectivity index (χ4n) is 1.39. The highest BCUT2D eigenvalue weighted by molar-refractivity contribution is 5.81. The Morgan fingerprint density at radius 3 is 2.89 bits per heavy atom. The van der Waals surface area contributed by atoms with Gasteiger partial charge in [-0.25, -0.2) is 0 Å². The number of hydrogen-bond acceptors (Lipinski definition) is 4. The van der Waals surface area contributed by atoms with Gasteiger partial charge in [0.1, 0.15) is 5.76 Å². The fraction of sp³-hybridized carbons (Fsp3) is 0.500. The third-order valence-corrected chi connectivity index (χ3v) is 2.43. The highest BCUT2D eigenvalue weighted by atomic mass is 16.4. The second-order valence-electron chi connectivity index (χ2n) is 3.97. The second kappa shape index (κ2) is 7.50. The summed E-state index contributed by atoms with van der Waals surface area (Å²) in [5.41, 5.74) is 0. The third kappa shape index (κ3) is 5.49. The normalized spacial score (nSPS) is 12.1. The first-order valence-electron chi connectivity index (χ1n) is 5.85. The van der Waals surface area contributed by atoms with Crippen molar-refractivity contribution >= 4 is 11.9 Å². The zero-order valence-corrected chi connectivity index (χ0v) is 10.3. The Hall–Kier alpha value is -1.82. The zero-order valence-electron chi connectivity index (χ0n) is 10.3. The molecule has 0 fully saturated rings. The summed E-state index contributed by atoms with van der Waals surface area (Å²) < 4.78 is 5.09. The van der Waals surface area contributed by atoms with E-state index < -0.39 is 5.97 Å². The average molecular weight is 254 g/mol. The molecule has 1 amide bonds. The van der Waals surface area contributed by atoms with E-state index in [-0.39, 0.29) is 18.4 Å². The van der Waals surface area contributed by atoms with Gasteiger partial charge in [-0.3, -0.25) is 9.59 Å². The van der Waals surface area contributed by atoms with Crippen molar-refractivity contribution < 1.29 is 19.1 Å². The quantitative estimate of drug-likeness (QED) is 0.595. The minimum Gasteiger partial charge on any atom is -0.481 e. The van der Waals surface area contributed by atoms with Gasteiger partial charge in [0, 0.05) is 6.42 Å². The lowest BCUT2D eigenvalue weighted by molar-refractivity contribution is -0.137. The standard InChI is InChI=1S/C12H18N2O4/c1-9(13-6-2-5-11(15)16)12(17)14-8-10-4-3-7-18-10/h3-4,7,9,13H,2,5-6,8H2,1H3,(H,14,17)(H,15,16). The van der Waals surface area contributed by atoms with Crippen molar-refractivity contribution in [3.05, 3.63) is 24.2 Å². The molecular weight excluding hydrogens is 236 g/mol. The van der Waals surface area contributed by atoms with Crippen LogP contribution >= 0.6 is 0 Å². The predicted octanol–water partition coefficient (Wildman–Crippen LogP) is 0.739. The number of furan rings is 1. The molecule has 18 heavy (non-hydrogen) atoms. The number of amides is 1. The highest BCUT2D eigenvalue weighted by Crippen LogP contribution is 1.98. The molecule has 1 unspecified atom stereocenters. The van der Waals surface area contributed by atoms with Crippen LogP contribution in [-0.4, -0.2) is 29.6 Å². The van der Waals surface area contributed by atoms with E-state index in [1.165, 1.54) is 0 Å². The SMILES string of the molecule is CC(NCCCC(=O)O)C(=O)NCc1ccco1. The first kappa shape index (κ1) is 14.2. The summed E-state index contributed by atoms with van der Waals surface area (Å²) in [6, 6.07) is 3.19. The lowest BCUT2D eigenvalue weighted by Crippen LogP contribution is -2.42. The molecule has 1 aromatic heterocycles. The Morgan fingerprint density at radius 1 is 1.50 bits per heavy atom. The van der Waals surface area contributed by atoms with Crippen molar-refractivity contribution in [1.29, 1.82) is 0 Å². The minimum absolute atomic E-state index is 0.105. The molecule has 0 saturated carbocycles. The molecule has 0 aliphatic carbocycles. The summed E-state index contributed by atoms with van der Waals surface area (Å²) in [5, 5.41) is 14.1. The largest absolute Gasteiger partial charge is 0.481 e. The van der Waals surface area contributed by atoms with Crippen molar-refractivity contribution in [1.82, 2.24) is 10.6 Å². The van der Waals surface area contributed by atoms with Crippen LogP contribution < -0.4 is 10.6 Å². The van der Waals surface area contributed by atoms with Gasteiger partial charge >= 0.3 is 5.97 Å². The Kier molecular flexibility index (Phi) is 5.93. The molecule has 6 nitrogen and oxygen atoms in total. The Labute approximate surface area is 105 Å². The number of aliphatic carboxylic acids is 1. The lowest BCUT2D eigenvalue weighted by Gasteiger charge is -2.12. The molecule has 0 aliphatic rings. The van der Waals surface area contributed by atoms with Gasteiger partial charge in [-0.05, 0) is 32.0 Å². The van der Waals surface area contributed by atoms with E-state index in [0.717, 1.165) is 0 Å². The molecule has 100 valence electrons. The summed E-state index contributed by atoms with van der Waals surface area (Å²) in [7, 11) is 0. The molecular formula is C12H18N2O4. The van der Waals surface area contributed by atoms with E-state index in [2.05, 4.69) is 10.6 Å². The van der Waals surface area contributed by atoms with Crippen LogP contribution in [0.5, 0.6) is 0 Å². The van der Waals surface area contributed by atoms with Crippen molar-refractivity contribution in [2.45, 2.75) is 32.4 Å². The van der Waals surface area contributed by atoms with E-state index in [1.807, 2.05) is 0 Å². The summed E-state index contributed by atoms with van der Waals surface area (Å²) in [6.45, 7) is 2.59. The first-order chi connectivity index (χ1) is 8.59. The number of carboxylic acids is 1. The van der Waals surface area contributed by atoms with Gasteiger partial charge in [0.05, 0.1) is 18.8 Å². The average Bonchev–Trinajstić information content (AvgIpc) is 2.84. The number of hydrogen-bond donors (Lipinski definition) is 3. The van der Waals surface area contributed by atoms with Gasteiger partial charge < -0.3 is 20.2 Å². The second-order valence-corrected chi connectivity index (χ2v) is 3.97. The number of rotatable bonds is 8. The maximum atomic E-state index is 11.6. The topological polar surface area (TPSA) is 91.6 Å². The fourth-order valence-corrected chi connectivity index (χ4v) is 1.39. The molecule has 6 heteroatoms. The van der Waals surface area contributed by atoms with Crippen LogP contribution in [0.3, 0.4) is 0 Å². The van der Waals surface area contributed by atoms with Gasteiger partial charge in [0.25, 0.3) is 0 Å². The Morgan fingerprint density at radius 2 is 2.28 bits per heavy atom. The van der Waals surface area contributed by atoms with Crippen LogP contribution in [0, 0.1) is 0 Å². The molecule has 1 rings (SSSR count). The third-order valence-electron chi connectivity index (χ3n) is 2.43. The van der Waals surface area contributed by atoms with Crippen LogP contribution in [0.1, 0.15) is 25.5 Å². The molecule has 1 atom stereocenters. The van der Waals surface area contributed by atoms with Gasteiger partial charge in [-0.2, -0.15) is 0 Å². The number of carbonyl (C=O) groups excluding carboxylic acids is 1. The van der Waals surface area contributed by atoms with Gasteiger partial charge in [0.15, 0.2) is 0 Å². The van der Waals surface area contributed by atoms with E-state index in [9.17, 15) is 9.59 Å². The highest BCUT2D eigenvalue weighted by Gasteiger charge is 2.11. The van der Waals surface area contributed by atoms with Crippen LogP contribution in [0.25, 0.3) is 0 Å². The van der Waals surface area contributed by atoms with Gasteiger partial charge in [-0.1, -0.05) is 0 Å². The van der Waals surface area contributed by atoms with E-state index in [4.69, 9.17) is 9.52 Å². The monoisotopic (exact) mass is 254 g/mol. The molecule has 0 radical (unpaired) electrons. The van der Waals surface area contributed by atoms with Crippen molar-refractivity contribution in [3.8, 4) is 0 Å². The number of nitrogens with one attached hydrogen (secondary N) is 2. The molecule has 1 aromatic rings. The summed E-state index contributed by atoms with van der Waals surface area (Å²) in [4.78, 5) is 21.9. The summed E-state index contributed by atoms with van der Waals surface area (Å²) in [5.74, 6) is -0.269. The smallest absolute Gasteiger partial charge is 0.303 e. The van der Waals surface area contributed by atoms with Crippen LogP contribution in [-0.2, 0) is 16.1 Å². The van der Waals surface area contributed by atoms with Crippen LogP contribution in [0.2, 0.25) is 0 Å². The first-order valence-corrected chi connectivity index (χ1v) is 5.85. The van der Waals surface area contributed by atoms with Crippen LogP contribution in [0.15, 0.2) is 22.8 Å². The predicted molar refractivity (Wildman–Crippen MR) is 64.9 cm³/mol. The Balaban J connectivity index is 2.14. The van der Waals surface area contributed by atoms with Crippen molar-refractivity contribution in [3.63, 3.8) is 0 Å². The molecule has 0 spiro atoms. The van der Waals surface area contributed by atoms with Crippen molar-refractivity contribution in [2.24, 2.45) is 0 Å². The summed E-state index contributed by atoms with van der Waals surface area (Å²) >= 11 is 0. The van der Waals surface area contributed by atoms with Crippen LogP contribution in [0.4, 0.5) is 0 Å². The lowest BCUT2D eigenvalue weighted by atomic mass is 10.2. The number of carbonyl (C=O) groups is 2. The molecule has 0 bridgehead atoms. The van der Waals surface area contributed by atoms with E-state index in [0.29, 0.717) is 25.3 Å². The van der Waals surface area contributed by atoms with Gasteiger partial charge in [-0.15, -0.1) is 0 Å². The van der Waals surface area contributed by atoms with Gasteiger partial charge in [0.2, 0.25) is 5.91 Å². The molecule has 0 saturated heterocycles. The van der Waals surface area contributed by atoms with E-state index >= 15 is 0 Å². The molecule has 0 aliphatic heterocycles. The van der Waals surface area contributed by atoms with E-state index in [1.54, 1.807) is 25.3 Å². The Bertz CT molecular complexity index is 375. The maximum Gasteiger partial charge on any atom is 0.303 e. The minimum atomic E-state index is -0.827. The summed E-state index contributed by atoms with van der Waals surface area (Å²) in [6.07, 6.45) is 2.16. The zero-order chi connectivity index (χ0) is 13.4. The molecule has 0 aromatic carbocycles. The number of carboxylic acid groups (broad SMARTS) is 1. The maximum absolute atomic E-state index is 11.6. The van der Waals surface area contributed by atoms with Crippen molar-refractivity contribution in [2.75, 3.05) is 6.54 Å².